The molecule has 0 fully saturated rings. The number of hydrogen-bond donors (Lipinski definition) is 1. The van der Waals surface area contributed by atoms with Crippen molar-refractivity contribution in [3.63, 3.8) is 0 Å². The normalized spacial score (nSPS) is 15.5. The highest BCUT2D eigenvalue weighted by atomic mass is 19.1. The van der Waals surface area contributed by atoms with Crippen LogP contribution in [0.15, 0.2) is 48.3 Å². The van der Waals surface area contributed by atoms with Crippen molar-refractivity contribution in [2.75, 3.05) is 11.4 Å². The van der Waals surface area contributed by atoms with E-state index < -0.39 is 0 Å². The number of hydrogen-bond acceptors (Lipinski definition) is 2. The number of nitrogens with two attached hydrogens (primary N) is 1. The van der Waals surface area contributed by atoms with Gasteiger partial charge in [0.25, 0.3) is 0 Å². The molecule has 2 N–H and O–H groups in total. The van der Waals surface area contributed by atoms with E-state index in [-0.39, 0.29) is 5.82 Å². The van der Waals surface area contributed by atoms with Crippen LogP contribution in [0.1, 0.15) is 0 Å². The van der Waals surface area contributed by atoms with Gasteiger partial charge in [-0.3, -0.25) is 0 Å². The number of nitrogens with zero attached hydrogens (tertiary/aromatic N) is 1. The minimum Gasteiger partial charge on any atom is -0.401 e. The first-order valence-electron chi connectivity index (χ1n) is 4.41. The van der Waals surface area contributed by atoms with Crippen LogP contribution in [-0.2, 0) is 0 Å². The van der Waals surface area contributed by atoms with Crippen LogP contribution in [0.3, 0.4) is 0 Å². The van der Waals surface area contributed by atoms with Crippen molar-refractivity contribution in [3.8, 4) is 0 Å². The molecule has 0 saturated heterocycles. The van der Waals surface area contributed by atoms with Gasteiger partial charge in [0.15, 0.2) is 0 Å². The Hall–Kier alpha value is -1.77. The van der Waals surface area contributed by atoms with Crippen molar-refractivity contribution >= 4 is 5.69 Å². The van der Waals surface area contributed by atoms with Crippen molar-refractivity contribution in [2.24, 2.45) is 5.73 Å². The molecule has 72 valence electrons. The standard InChI is InChI=1S/C11H11FN2/c12-10-5-1-2-6-11(10)14-7-3-4-9(13)8-14/h1-7H,8,13H2. The van der Waals surface area contributed by atoms with Crippen LogP contribution in [0.25, 0.3) is 0 Å². The molecule has 1 aromatic rings. The molecular weight excluding hydrogens is 179 g/mol. The maximum Gasteiger partial charge on any atom is 0.146 e. The van der Waals surface area contributed by atoms with E-state index in [4.69, 9.17) is 5.73 Å². The van der Waals surface area contributed by atoms with Gasteiger partial charge in [0.05, 0.1) is 12.2 Å². The Morgan fingerprint density at radius 1 is 1.29 bits per heavy atom. The molecule has 1 aliphatic rings. The lowest BCUT2D eigenvalue weighted by molar-refractivity contribution is 0.625. The topological polar surface area (TPSA) is 29.3 Å². The molecular formula is C11H11FN2. The van der Waals surface area contributed by atoms with E-state index in [0.29, 0.717) is 12.2 Å². The van der Waals surface area contributed by atoms with Gasteiger partial charge in [0.1, 0.15) is 5.82 Å². The molecule has 0 aromatic heterocycles. The van der Waals surface area contributed by atoms with Gasteiger partial charge < -0.3 is 10.6 Å². The molecule has 0 atom stereocenters. The van der Waals surface area contributed by atoms with Gasteiger partial charge in [-0.2, -0.15) is 0 Å². The highest BCUT2D eigenvalue weighted by Crippen LogP contribution is 2.20. The summed E-state index contributed by atoms with van der Waals surface area (Å²) < 4.78 is 13.4. The Morgan fingerprint density at radius 3 is 2.79 bits per heavy atom. The second kappa shape index (κ2) is 3.54. The summed E-state index contributed by atoms with van der Waals surface area (Å²) in [6, 6.07) is 6.66. The summed E-state index contributed by atoms with van der Waals surface area (Å²) in [5.41, 5.74) is 6.95. The number of benzene rings is 1. The van der Waals surface area contributed by atoms with Gasteiger partial charge >= 0.3 is 0 Å². The van der Waals surface area contributed by atoms with Crippen molar-refractivity contribution in [1.29, 1.82) is 0 Å². The summed E-state index contributed by atoms with van der Waals surface area (Å²) >= 11 is 0. The molecule has 0 amide bonds. The minimum absolute atomic E-state index is 0.230. The van der Waals surface area contributed by atoms with Gasteiger partial charge in [-0.25, -0.2) is 4.39 Å². The number of anilines is 1. The number of halogens is 1. The Kier molecular flexibility index (Phi) is 2.23. The molecule has 0 unspecified atom stereocenters. The minimum atomic E-state index is -0.230. The molecule has 2 rings (SSSR count). The van der Waals surface area contributed by atoms with Crippen LogP contribution < -0.4 is 10.6 Å². The SMILES string of the molecule is NC1=CC=CN(c2ccccc2F)C1. The van der Waals surface area contributed by atoms with Crippen LogP contribution >= 0.6 is 0 Å². The van der Waals surface area contributed by atoms with Crippen LogP contribution in [0.5, 0.6) is 0 Å². The molecule has 1 heterocycles. The highest BCUT2D eigenvalue weighted by molar-refractivity contribution is 5.53. The summed E-state index contributed by atoms with van der Waals surface area (Å²) in [5, 5.41) is 0. The molecule has 1 aliphatic heterocycles. The lowest BCUT2D eigenvalue weighted by atomic mass is 10.2. The van der Waals surface area contributed by atoms with Crippen LogP contribution in [0, 0.1) is 5.82 Å². The lowest BCUT2D eigenvalue weighted by Crippen LogP contribution is -2.25. The first-order valence-corrected chi connectivity index (χ1v) is 4.41. The van der Waals surface area contributed by atoms with Gasteiger partial charge in [-0.05, 0) is 24.3 Å². The predicted octanol–water partition coefficient (Wildman–Crippen LogP) is 2.00. The molecule has 14 heavy (non-hydrogen) atoms. The average Bonchev–Trinajstić information content (AvgIpc) is 2.18. The molecule has 0 aliphatic carbocycles. The number of allylic oxidation sites excluding steroid dienone is 2. The third-order valence-corrected chi connectivity index (χ3v) is 2.09. The summed E-state index contributed by atoms with van der Waals surface area (Å²) in [6.07, 6.45) is 5.44. The smallest absolute Gasteiger partial charge is 0.146 e. The Morgan fingerprint density at radius 2 is 2.07 bits per heavy atom. The van der Waals surface area contributed by atoms with Gasteiger partial charge in [-0.1, -0.05) is 12.1 Å². The molecule has 0 spiro atoms. The van der Waals surface area contributed by atoms with Gasteiger partial charge in [0.2, 0.25) is 0 Å². The molecule has 1 aromatic carbocycles. The van der Waals surface area contributed by atoms with Crippen LogP contribution in [-0.4, -0.2) is 6.54 Å². The van der Waals surface area contributed by atoms with Crippen molar-refractivity contribution in [3.05, 3.63) is 54.1 Å². The van der Waals surface area contributed by atoms with E-state index in [1.807, 2.05) is 18.4 Å². The van der Waals surface area contributed by atoms with E-state index in [1.165, 1.54) is 6.07 Å². The maximum absolute atomic E-state index is 13.4. The quantitative estimate of drug-likeness (QED) is 0.733. The lowest BCUT2D eigenvalue weighted by Gasteiger charge is -2.23. The monoisotopic (exact) mass is 190 g/mol. The Bertz CT molecular complexity index is 396. The highest BCUT2D eigenvalue weighted by Gasteiger charge is 2.10. The van der Waals surface area contributed by atoms with Crippen molar-refractivity contribution < 1.29 is 4.39 Å². The average molecular weight is 190 g/mol. The summed E-state index contributed by atoms with van der Waals surface area (Å²) in [7, 11) is 0. The first kappa shape index (κ1) is 8.81. The fraction of sp³-hybridized carbons (Fsp3) is 0.0909. The Labute approximate surface area is 82.1 Å². The third-order valence-electron chi connectivity index (χ3n) is 2.09. The second-order valence-corrected chi connectivity index (χ2v) is 3.16. The summed E-state index contributed by atoms with van der Waals surface area (Å²) in [4.78, 5) is 1.78. The molecule has 3 heteroatoms. The fourth-order valence-electron chi connectivity index (χ4n) is 1.42. The molecule has 0 radical (unpaired) electrons. The number of rotatable bonds is 1. The third kappa shape index (κ3) is 1.62. The van der Waals surface area contributed by atoms with Crippen LogP contribution in [0.4, 0.5) is 10.1 Å². The summed E-state index contributed by atoms with van der Waals surface area (Å²) in [5.74, 6) is -0.230. The maximum atomic E-state index is 13.4. The van der Waals surface area contributed by atoms with Gasteiger partial charge in [0, 0.05) is 11.9 Å². The van der Waals surface area contributed by atoms with E-state index in [0.717, 1.165) is 5.70 Å². The summed E-state index contributed by atoms with van der Waals surface area (Å²) in [6.45, 7) is 0.539. The van der Waals surface area contributed by atoms with E-state index in [2.05, 4.69) is 0 Å². The first-order chi connectivity index (χ1) is 6.77. The van der Waals surface area contributed by atoms with Crippen molar-refractivity contribution in [1.82, 2.24) is 0 Å². The van der Waals surface area contributed by atoms with E-state index >= 15 is 0 Å². The zero-order chi connectivity index (χ0) is 9.97. The molecule has 0 saturated carbocycles. The zero-order valence-corrected chi connectivity index (χ0v) is 7.65. The molecule has 0 bridgehead atoms. The largest absolute Gasteiger partial charge is 0.401 e. The van der Waals surface area contributed by atoms with Crippen molar-refractivity contribution in [2.45, 2.75) is 0 Å². The zero-order valence-electron chi connectivity index (χ0n) is 7.65. The van der Waals surface area contributed by atoms with Crippen LogP contribution in [0.2, 0.25) is 0 Å². The number of para-hydroxylation sites is 1. The second-order valence-electron chi connectivity index (χ2n) is 3.16. The Balaban J connectivity index is 2.29. The van der Waals surface area contributed by atoms with E-state index in [9.17, 15) is 4.39 Å². The fourth-order valence-corrected chi connectivity index (χ4v) is 1.42. The molecule has 2 nitrogen and oxygen atoms in total. The van der Waals surface area contributed by atoms with Gasteiger partial charge in [-0.15, -0.1) is 0 Å². The predicted molar refractivity (Wildman–Crippen MR) is 55.2 cm³/mol. The van der Waals surface area contributed by atoms with E-state index in [1.54, 1.807) is 23.1 Å².